The fourth-order valence-corrected chi connectivity index (χ4v) is 1.65. The molecule has 0 aliphatic carbocycles. The Labute approximate surface area is 104 Å². The molecule has 0 saturated heterocycles. The first-order valence-corrected chi connectivity index (χ1v) is 5.39. The van der Waals surface area contributed by atoms with Gasteiger partial charge in [-0.2, -0.15) is 5.26 Å². The van der Waals surface area contributed by atoms with Crippen molar-refractivity contribution in [2.45, 2.75) is 0 Å². The van der Waals surface area contributed by atoms with Crippen molar-refractivity contribution in [1.82, 2.24) is 0 Å². The Bertz CT molecular complexity index is 587. The second kappa shape index (κ2) is 4.77. The summed E-state index contributed by atoms with van der Waals surface area (Å²) in [5.74, 6) is 0. The summed E-state index contributed by atoms with van der Waals surface area (Å²) < 4.78 is 0. The third-order valence-corrected chi connectivity index (χ3v) is 2.52. The van der Waals surface area contributed by atoms with Crippen molar-refractivity contribution in [3.05, 3.63) is 53.1 Å². The summed E-state index contributed by atoms with van der Waals surface area (Å²) in [5, 5.41) is 12.5. The number of rotatable bonds is 2. The topological polar surface area (TPSA) is 61.8 Å². The molecule has 0 unspecified atom stereocenters. The van der Waals surface area contributed by atoms with Gasteiger partial charge in [0.05, 0.1) is 23.0 Å². The van der Waals surface area contributed by atoms with E-state index in [4.69, 9.17) is 22.6 Å². The monoisotopic (exact) mass is 243 g/mol. The lowest BCUT2D eigenvalue weighted by Gasteiger charge is -2.09. The predicted molar refractivity (Wildman–Crippen MR) is 70.3 cm³/mol. The molecule has 0 bridgehead atoms. The lowest BCUT2D eigenvalue weighted by molar-refractivity contribution is 1.47. The maximum Gasteiger partial charge on any atom is 0.0992 e. The van der Waals surface area contributed by atoms with Crippen LogP contribution in [0.3, 0.4) is 0 Å². The first kappa shape index (κ1) is 11.3. The van der Waals surface area contributed by atoms with Crippen molar-refractivity contribution in [3.63, 3.8) is 0 Å². The van der Waals surface area contributed by atoms with Crippen molar-refractivity contribution < 1.29 is 0 Å². The van der Waals surface area contributed by atoms with E-state index in [-0.39, 0.29) is 0 Å². The lowest BCUT2D eigenvalue weighted by atomic mass is 10.2. The second-order valence-electron chi connectivity index (χ2n) is 3.55. The molecule has 0 amide bonds. The summed E-state index contributed by atoms with van der Waals surface area (Å²) in [6, 6.07) is 14.5. The Hall–Kier alpha value is -2.18. The second-order valence-corrected chi connectivity index (χ2v) is 3.99. The van der Waals surface area contributed by atoms with Crippen molar-refractivity contribution >= 4 is 28.7 Å². The van der Waals surface area contributed by atoms with Gasteiger partial charge in [0.2, 0.25) is 0 Å². The zero-order valence-corrected chi connectivity index (χ0v) is 9.70. The Morgan fingerprint density at radius 2 is 2.00 bits per heavy atom. The standard InChI is InChI=1S/C13H10ClN3/c14-10-4-5-13(12(16)7-10)17-11-3-1-2-9(6-11)8-15/h1-7,17H,16H2. The lowest BCUT2D eigenvalue weighted by Crippen LogP contribution is -1.96. The number of hydrogen-bond donors (Lipinski definition) is 2. The maximum atomic E-state index is 8.80. The number of nitrogens with two attached hydrogens (primary N) is 1. The van der Waals surface area contributed by atoms with Crippen molar-refractivity contribution in [2.24, 2.45) is 0 Å². The van der Waals surface area contributed by atoms with E-state index in [0.717, 1.165) is 11.4 Å². The molecule has 84 valence electrons. The van der Waals surface area contributed by atoms with Crippen LogP contribution in [-0.4, -0.2) is 0 Å². The van der Waals surface area contributed by atoms with Crippen LogP contribution in [0, 0.1) is 11.3 Å². The van der Waals surface area contributed by atoms with Gasteiger partial charge in [-0.1, -0.05) is 17.7 Å². The zero-order valence-electron chi connectivity index (χ0n) is 8.94. The first-order valence-electron chi connectivity index (χ1n) is 5.01. The van der Waals surface area contributed by atoms with Gasteiger partial charge in [0.25, 0.3) is 0 Å². The number of benzene rings is 2. The average molecular weight is 244 g/mol. The Morgan fingerprint density at radius 1 is 1.18 bits per heavy atom. The number of anilines is 3. The fourth-order valence-electron chi connectivity index (χ4n) is 1.47. The first-order chi connectivity index (χ1) is 8.19. The molecule has 2 rings (SSSR count). The number of halogens is 1. The van der Waals surface area contributed by atoms with E-state index >= 15 is 0 Å². The number of nitrogens with zero attached hydrogens (tertiary/aromatic N) is 1. The van der Waals surface area contributed by atoms with Gasteiger partial charge in [0.15, 0.2) is 0 Å². The molecule has 3 N–H and O–H groups in total. The third-order valence-electron chi connectivity index (χ3n) is 2.28. The van der Waals surface area contributed by atoms with Crippen molar-refractivity contribution in [1.29, 1.82) is 5.26 Å². The third kappa shape index (κ3) is 2.68. The summed E-state index contributed by atoms with van der Waals surface area (Å²) in [6.07, 6.45) is 0. The molecule has 4 heteroatoms. The van der Waals surface area contributed by atoms with E-state index in [9.17, 15) is 0 Å². The molecule has 17 heavy (non-hydrogen) atoms. The van der Waals surface area contributed by atoms with Crippen molar-refractivity contribution in [2.75, 3.05) is 11.1 Å². The summed E-state index contributed by atoms with van der Waals surface area (Å²) in [6.45, 7) is 0. The molecule has 3 nitrogen and oxygen atoms in total. The molecule has 0 spiro atoms. The normalized spacial score (nSPS) is 9.65. The summed E-state index contributed by atoms with van der Waals surface area (Å²) >= 11 is 5.82. The van der Waals surface area contributed by atoms with Gasteiger partial charge in [0, 0.05) is 10.7 Å². The molecule has 0 saturated carbocycles. The van der Waals surface area contributed by atoms with Crippen LogP contribution in [-0.2, 0) is 0 Å². The smallest absolute Gasteiger partial charge is 0.0992 e. The molecule has 0 aliphatic rings. The van der Waals surface area contributed by atoms with E-state index in [1.165, 1.54) is 0 Å². The van der Waals surface area contributed by atoms with Crippen LogP contribution in [0.2, 0.25) is 5.02 Å². The van der Waals surface area contributed by atoms with Gasteiger partial charge in [-0.15, -0.1) is 0 Å². The highest BCUT2D eigenvalue weighted by Crippen LogP contribution is 2.26. The van der Waals surface area contributed by atoms with E-state index in [1.54, 1.807) is 30.3 Å². The van der Waals surface area contributed by atoms with Gasteiger partial charge in [-0.25, -0.2) is 0 Å². The predicted octanol–water partition coefficient (Wildman–Crippen LogP) is 3.54. The van der Waals surface area contributed by atoms with Crippen LogP contribution in [0.1, 0.15) is 5.56 Å². The van der Waals surface area contributed by atoms with Gasteiger partial charge in [0.1, 0.15) is 0 Å². The zero-order chi connectivity index (χ0) is 12.3. The largest absolute Gasteiger partial charge is 0.397 e. The van der Waals surface area contributed by atoms with Crippen LogP contribution < -0.4 is 11.1 Å². The summed E-state index contributed by atoms with van der Waals surface area (Å²) in [4.78, 5) is 0. The quantitative estimate of drug-likeness (QED) is 0.793. The van der Waals surface area contributed by atoms with Crippen LogP contribution >= 0.6 is 11.6 Å². The average Bonchev–Trinajstić information content (AvgIpc) is 2.33. The van der Waals surface area contributed by atoms with Crippen LogP contribution in [0.25, 0.3) is 0 Å². The summed E-state index contributed by atoms with van der Waals surface area (Å²) in [7, 11) is 0. The minimum absolute atomic E-state index is 0.569. The van der Waals surface area contributed by atoms with Crippen LogP contribution in [0.4, 0.5) is 17.1 Å². The van der Waals surface area contributed by atoms with Crippen LogP contribution in [0.15, 0.2) is 42.5 Å². The molecule has 0 atom stereocenters. The molecule has 2 aromatic carbocycles. The number of nitrogens with one attached hydrogen (secondary N) is 1. The molecule has 2 aromatic rings. The highest BCUT2D eigenvalue weighted by Gasteiger charge is 2.01. The molecule has 0 heterocycles. The van der Waals surface area contributed by atoms with Crippen molar-refractivity contribution in [3.8, 4) is 6.07 Å². The highest BCUT2D eigenvalue weighted by molar-refractivity contribution is 6.31. The number of nitriles is 1. The van der Waals surface area contributed by atoms with Gasteiger partial charge < -0.3 is 11.1 Å². The Balaban J connectivity index is 2.28. The van der Waals surface area contributed by atoms with Gasteiger partial charge in [-0.3, -0.25) is 0 Å². The summed E-state index contributed by atoms with van der Waals surface area (Å²) in [5.41, 5.74) is 8.58. The SMILES string of the molecule is N#Cc1cccc(Nc2ccc(Cl)cc2N)c1. The van der Waals surface area contributed by atoms with E-state index in [0.29, 0.717) is 16.3 Å². The number of hydrogen-bond acceptors (Lipinski definition) is 3. The molecule has 0 aliphatic heterocycles. The number of nitrogen functional groups attached to an aromatic ring is 1. The van der Waals surface area contributed by atoms with Gasteiger partial charge >= 0.3 is 0 Å². The fraction of sp³-hybridized carbons (Fsp3) is 0. The minimum atomic E-state index is 0.569. The molecular formula is C13H10ClN3. The van der Waals surface area contributed by atoms with E-state index < -0.39 is 0 Å². The minimum Gasteiger partial charge on any atom is -0.397 e. The molecule has 0 fully saturated rings. The molecule has 0 radical (unpaired) electrons. The Kier molecular flexibility index (Phi) is 3.17. The maximum absolute atomic E-state index is 8.80. The molecular weight excluding hydrogens is 234 g/mol. The van der Waals surface area contributed by atoms with E-state index in [2.05, 4.69) is 11.4 Å². The van der Waals surface area contributed by atoms with E-state index in [1.807, 2.05) is 12.1 Å². The molecule has 0 aromatic heterocycles. The van der Waals surface area contributed by atoms with Crippen LogP contribution in [0.5, 0.6) is 0 Å². The Morgan fingerprint density at radius 3 is 2.71 bits per heavy atom. The highest BCUT2D eigenvalue weighted by atomic mass is 35.5. The van der Waals surface area contributed by atoms with Gasteiger partial charge in [-0.05, 0) is 36.4 Å².